The van der Waals surface area contributed by atoms with Crippen molar-refractivity contribution in [3.63, 3.8) is 0 Å². The molecule has 1 unspecified atom stereocenters. The van der Waals surface area contributed by atoms with Gasteiger partial charge in [-0.25, -0.2) is 4.79 Å². The minimum atomic E-state index is -0.412. The second-order valence-electron chi connectivity index (χ2n) is 10.5. The minimum Gasteiger partial charge on any atom is -0.495 e. The lowest BCUT2D eigenvalue weighted by Gasteiger charge is -2.35. The van der Waals surface area contributed by atoms with Gasteiger partial charge in [0.1, 0.15) is 5.75 Å². The maximum atomic E-state index is 13.4. The summed E-state index contributed by atoms with van der Waals surface area (Å²) in [6.45, 7) is 2.98. The maximum Gasteiger partial charge on any atom is 0.323 e. The number of ether oxygens (including phenoxy) is 2. The van der Waals surface area contributed by atoms with Gasteiger partial charge in [0.2, 0.25) is 0 Å². The molecule has 0 spiro atoms. The van der Waals surface area contributed by atoms with E-state index in [0.717, 1.165) is 57.5 Å². The van der Waals surface area contributed by atoms with E-state index >= 15 is 0 Å². The molecule has 0 aliphatic carbocycles. The van der Waals surface area contributed by atoms with Crippen molar-refractivity contribution >= 4 is 29.0 Å². The van der Waals surface area contributed by atoms with Crippen LogP contribution in [0.1, 0.15) is 41.6 Å². The summed E-state index contributed by atoms with van der Waals surface area (Å²) in [4.78, 5) is 28.5. The van der Waals surface area contributed by atoms with Gasteiger partial charge in [-0.05, 0) is 73.9 Å². The first-order valence-corrected chi connectivity index (χ1v) is 14.1. The zero-order valence-electron chi connectivity index (χ0n) is 23.0. The van der Waals surface area contributed by atoms with Crippen molar-refractivity contribution in [3.8, 4) is 5.75 Å². The SMILES string of the molecule is COc1ccccc1NC(=O)Nc1ccc(N2CCC(Cc3ccccc3)CC2)c(C(=O)NCC2CCCO2)c1. The number of rotatable bonds is 9. The van der Waals surface area contributed by atoms with Crippen molar-refractivity contribution < 1.29 is 19.1 Å². The Kier molecular flexibility index (Phi) is 9.18. The zero-order valence-corrected chi connectivity index (χ0v) is 23.0. The van der Waals surface area contributed by atoms with Crippen LogP contribution in [0.5, 0.6) is 5.75 Å². The number of para-hydroxylation sites is 2. The second kappa shape index (κ2) is 13.3. The molecule has 0 bridgehead atoms. The molecule has 210 valence electrons. The Morgan fingerprint density at radius 1 is 0.950 bits per heavy atom. The highest BCUT2D eigenvalue weighted by Gasteiger charge is 2.25. The number of methoxy groups -OCH3 is 1. The van der Waals surface area contributed by atoms with Crippen LogP contribution in [0.15, 0.2) is 72.8 Å². The van der Waals surface area contributed by atoms with Crippen LogP contribution in [0.3, 0.4) is 0 Å². The summed E-state index contributed by atoms with van der Waals surface area (Å²) in [6.07, 6.45) is 5.22. The van der Waals surface area contributed by atoms with Crippen molar-refractivity contribution in [2.45, 2.75) is 38.2 Å². The third kappa shape index (κ3) is 7.12. The second-order valence-corrected chi connectivity index (χ2v) is 10.5. The highest BCUT2D eigenvalue weighted by Crippen LogP contribution is 2.31. The monoisotopic (exact) mass is 542 g/mol. The van der Waals surface area contributed by atoms with Gasteiger partial charge in [0.15, 0.2) is 0 Å². The van der Waals surface area contributed by atoms with Crippen molar-refractivity contribution in [1.29, 1.82) is 0 Å². The third-order valence-corrected chi connectivity index (χ3v) is 7.69. The molecule has 40 heavy (non-hydrogen) atoms. The summed E-state index contributed by atoms with van der Waals surface area (Å²) in [5.41, 5.74) is 3.91. The van der Waals surface area contributed by atoms with E-state index in [-0.39, 0.29) is 12.0 Å². The van der Waals surface area contributed by atoms with E-state index in [1.807, 2.05) is 24.3 Å². The van der Waals surface area contributed by atoms with Crippen LogP contribution in [0.25, 0.3) is 0 Å². The average Bonchev–Trinajstić information content (AvgIpc) is 3.51. The molecule has 0 aromatic heterocycles. The molecule has 2 aliphatic rings. The Labute approximate surface area is 236 Å². The molecule has 2 aliphatic heterocycles. The quantitative estimate of drug-likeness (QED) is 0.322. The standard InChI is InChI=1S/C32H38N4O4/c1-39-30-12-6-5-11-28(30)35-32(38)34-25-13-14-29(27(21-25)31(37)33-22-26-10-7-19-40-26)36-17-15-24(16-18-36)20-23-8-3-2-4-9-23/h2-6,8-9,11-14,21,24,26H,7,10,15-20,22H2,1H3,(H,33,37)(H2,34,35,38). The molecule has 2 fully saturated rings. The number of carbonyl (C=O) groups is 2. The zero-order chi connectivity index (χ0) is 27.7. The Morgan fingerprint density at radius 2 is 1.73 bits per heavy atom. The van der Waals surface area contributed by atoms with E-state index in [1.165, 1.54) is 5.56 Å². The summed E-state index contributed by atoms with van der Waals surface area (Å²) in [5, 5.41) is 8.75. The van der Waals surface area contributed by atoms with E-state index in [9.17, 15) is 9.59 Å². The molecule has 3 N–H and O–H groups in total. The number of hydrogen-bond donors (Lipinski definition) is 3. The molecule has 8 heteroatoms. The Bertz CT molecular complexity index is 1290. The van der Waals surface area contributed by atoms with Crippen molar-refractivity contribution in [3.05, 3.63) is 83.9 Å². The summed E-state index contributed by atoms with van der Waals surface area (Å²) in [6, 6.07) is 23.0. The first-order valence-electron chi connectivity index (χ1n) is 14.1. The van der Waals surface area contributed by atoms with Crippen LogP contribution in [0.2, 0.25) is 0 Å². The van der Waals surface area contributed by atoms with E-state index < -0.39 is 6.03 Å². The Hall–Kier alpha value is -4.04. The number of benzene rings is 3. The molecule has 5 rings (SSSR count). The van der Waals surface area contributed by atoms with E-state index in [4.69, 9.17) is 9.47 Å². The van der Waals surface area contributed by atoms with Crippen LogP contribution < -0.4 is 25.6 Å². The van der Waals surface area contributed by atoms with Gasteiger partial charge in [0, 0.05) is 37.6 Å². The Balaban J connectivity index is 1.28. The van der Waals surface area contributed by atoms with Crippen LogP contribution in [-0.2, 0) is 11.2 Å². The smallest absolute Gasteiger partial charge is 0.323 e. The summed E-state index contributed by atoms with van der Waals surface area (Å²) >= 11 is 0. The number of hydrogen-bond acceptors (Lipinski definition) is 5. The number of nitrogens with one attached hydrogen (secondary N) is 3. The van der Waals surface area contributed by atoms with Gasteiger partial charge in [-0.1, -0.05) is 42.5 Å². The first-order chi connectivity index (χ1) is 19.6. The summed E-state index contributed by atoms with van der Waals surface area (Å²) < 4.78 is 11.0. The minimum absolute atomic E-state index is 0.0501. The molecular weight excluding hydrogens is 504 g/mol. The average molecular weight is 543 g/mol. The number of piperidine rings is 1. The molecule has 8 nitrogen and oxygen atoms in total. The van der Waals surface area contributed by atoms with Crippen molar-refractivity contribution in [1.82, 2.24) is 5.32 Å². The van der Waals surface area contributed by atoms with Gasteiger partial charge < -0.3 is 30.3 Å². The third-order valence-electron chi connectivity index (χ3n) is 7.69. The largest absolute Gasteiger partial charge is 0.495 e. The number of amides is 3. The number of carbonyl (C=O) groups excluding carboxylic acids is 2. The fourth-order valence-electron chi connectivity index (χ4n) is 5.54. The summed E-state index contributed by atoms with van der Waals surface area (Å²) in [7, 11) is 1.56. The van der Waals surface area contributed by atoms with Gasteiger partial charge >= 0.3 is 6.03 Å². The van der Waals surface area contributed by atoms with Crippen LogP contribution in [0, 0.1) is 5.92 Å². The lowest BCUT2D eigenvalue weighted by Crippen LogP contribution is -2.37. The summed E-state index contributed by atoms with van der Waals surface area (Å²) in [5.74, 6) is 1.03. The predicted octanol–water partition coefficient (Wildman–Crippen LogP) is 5.71. The molecule has 3 aromatic rings. The number of nitrogens with zero attached hydrogens (tertiary/aromatic N) is 1. The fourth-order valence-corrected chi connectivity index (χ4v) is 5.54. The Morgan fingerprint density at radius 3 is 2.48 bits per heavy atom. The number of anilines is 3. The van der Waals surface area contributed by atoms with Gasteiger partial charge in [0.25, 0.3) is 5.91 Å². The van der Waals surface area contributed by atoms with Crippen molar-refractivity contribution in [2.24, 2.45) is 5.92 Å². The van der Waals surface area contributed by atoms with Gasteiger partial charge in [-0.2, -0.15) is 0 Å². The lowest BCUT2D eigenvalue weighted by molar-refractivity contribution is 0.0858. The molecule has 1 atom stereocenters. The van der Waals surface area contributed by atoms with E-state index in [0.29, 0.717) is 35.2 Å². The highest BCUT2D eigenvalue weighted by molar-refractivity contribution is 6.04. The number of urea groups is 1. The molecule has 0 radical (unpaired) electrons. The van der Waals surface area contributed by atoms with E-state index in [2.05, 4.69) is 51.2 Å². The molecule has 3 aromatic carbocycles. The predicted molar refractivity (Wildman–Crippen MR) is 158 cm³/mol. The molecule has 2 saturated heterocycles. The highest BCUT2D eigenvalue weighted by atomic mass is 16.5. The normalized spacial score (nSPS) is 17.3. The van der Waals surface area contributed by atoms with Gasteiger partial charge in [0.05, 0.1) is 24.5 Å². The van der Waals surface area contributed by atoms with Gasteiger partial charge in [-0.15, -0.1) is 0 Å². The first kappa shape index (κ1) is 27.5. The van der Waals surface area contributed by atoms with E-state index in [1.54, 1.807) is 25.3 Å². The topological polar surface area (TPSA) is 91.9 Å². The van der Waals surface area contributed by atoms with Crippen molar-refractivity contribution in [2.75, 3.05) is 48.9 Å². The molecule has 3 amide bonds. The fraction of sp³-hybridized carbons (Fsp3) is 0.375. The van der Waals surface area contributed by atoms with Crippen LogP contribution in [-0.4, -0.2) is 51.4 Å². The lowest BCUT2D eigenvalue weighted by atomic mass is 9.89. The maximum absolute atomic E-state index is 13.4. The van der Waals surface area contributed by atoms with Crippen LogP contribution >= 0.6 is 0 Å². The molecule has 2 heterocycles. The van der Waals surface area contributed by atoms with Gasteiger partial charge in [-0.3, -0.25) is 4.79 Å². The molecular formula is C32H38N4O4. The van der Waals surface area contributed by atoms with Crippen LogP contribution in [0.4, 0.5) is 21.9 Å². The molecule has 0 saturated carbocycles.